The molecule has 0 aromatic heterocycles. The van der Waals surface area contributed by atoms with Crippen LogP contribution in [0.3, 0.4) is 0 Å². The van der Waals surface area contributed by atoms with E-state index in [4.69, 9.17) is 23.2 Å². The molecule has 0 nitrogen and oxygen atoms in total. The van der Waals surface area contributed by atoms with Gasteiger partial charge in [0.15, 0.2) is 0 Å². The van der Waals surface area contributed by atoms with Gasteiger partial charge in [-0.15, -0.1) is 23.2 Å². The topological polar surface area (TPSA) is 0 Å². The number of hydrogen-bond donors (Lipinski definition) is 0. The summed E-state index contributed by atoms with van der Waals surface area (Å²) in [4.78, 5) is 0. The molecule has 0 spiro atoms. The summed E-state index contributed by atoms with van der Waals surface area (Å²) < 4.78 is 0. The average Bonchev–Trinajstić information content (AvgIpc) is 1.67. The second-order valence-corrected chi connectivity index (χ2v) is 3.23. The van der Waals surface area contributed by atoms with Gasteiger partial charge in [-0.2, -0.15) is 0 Å². The first-order valence-corrected chi connectivity index (χ1v) is 3.84. The molecule has 0 fully saturated rings. The molecule has 0 aliphatic carbocycles. The van der Waals surface area contributed by atoms with Crippen LogP contribution in [-0.4, -0.2) is 10.8 Å². The number of halogens is 2. The van der Waals surface area contributed by atoms with E-state index in [1.807, 2.05) is 6.92 Å². The van der Waals surface area contributed by atoms with Crippen LogP contribution in [0, 0.1) is 0 Å². The van der Waals surface area contributed by atoms with Gasteiger partial charge in [0, 0.05) is 10.8 Å². The largest absolute Gasteiger partial charge is 0.122 e. The first kappa shape index (κ1) is 8.58. The molecule has 0 radical (unpaired) electrons. The zero-order valence-electron chi connectivity index (χ0n) is 5.32. The standard InChI is InChI=1S/C6H12Cl2/c1-3-4-6(8)5(2)7/h5-6H,3-4H2,1-2H3/t5-,6+/m1/s1. The predicted octanol–water partition coefficient (Wildman–Crippen LogP) is 3.02. The van der Waals surface area contributed by atoms with Crippen molar-refractivity contribution < 1.29 is 0 Å². The maximum atomic E-state index is 5.78. The van der Waals surface area contributed by atoms with E-state index in [1.54, 1.807) is 0 Å². The SMILES string of the molecule is CCC[C@H](Cl)[C@@H](C)Cl. The highest BCUT2D eigenvalue weighted by molar-refractivity contribution is 6.29. The van der Waals surface area contributed by atoms with Crippen molar-refractivity contribution in [1.82, 2.24) is 0 Å². The Labute approximate surface area is 61.2 Å². The molecule has 0 aliphatic rings. The summed E-state index contributed by atoms with van der Waals surface area (Å²) in [5, 5.41) is 0.262. The first-order valence-electron chi connectivity index (χ1n) is 2.96. The minimum atomic E-state index is 0.108. The van der Waals surface area contributed by atoms with E-state index in [9.17, 15) is 0 Å². The smallest absolute Gasteiger partial charge is 0.0496 e. The summed E-state index contributed by atoms with van der Waals surface area (Å²) in [6.45, 7) is 4.03. The van der Waals surface area contributed by atoms with E-state index in [2.05, 4.69) is 6.92 Å². The highest BCUT2D eigenvalue weighted by Gasteiger charge is 2.08. The molecule has 0 saturated heterocycles. The predicted molar refractivity (Wildman–Crippen MR) is 39.9 cm³/mol. The lowest BCUT2D eigenvalue weighted by Gasteiger charge is -2.08. The van der Waals surface area contributed by atoms with Crippen LogP contribution in [0.4, 0.5) is 0 Å². The van der Waals surface area contributed by atoms with Crippen LogP contribution >= 0.6 is 23.2 Å². The quantitative estimate of drug-likeness (QED) is 0.549. The molecule has 0 aromatic rings. The maximum absolute atomic E-state index is 5.78. The Kier molecular flexibility index (Phi) is 4.78. The van der Waals surface area contributed by atoms with Crippen molar-refractivity contribution >= 4 is 23.2 Å². The normalized spacial score (nSPS) is 18.0. The summed E-state index contributed by atoms with van der Waals surface area (Å²) in [7, 11) is 0. The van der Waals surface area contributed by atoms with E-state index < -0.39 is 0 Å². The van der Waals surface area contributed by atoms with Gasteiger partial charge in [0.25, 0.3) is 0 Å². The van der Waals surface area contributed by atoms with Gasteiger partial charge in [0.05, 0.1) is 0 Å². The third kappa shape index (κ3) is 3.57. The first-order chi connectivity index (χ1) is 3.68. The molecule has 50 valence electrons. The molecule has 0 aromatic carbocycles. The molecular formula is C6H12Cl2. The van der Waals surface area contributed by atoms with Crippen LogP contribution in [0.15, 0.2) is 0 Å². The van der Waals surface area contributed by atoms with Crippen molar-refractivity contribution in [2.75, 3.05) is 0 Å². The maximum Gasteiger partial charge on any atom is 0.0496 e. The zero-order valence-corrected chi connectivity index (χ0v) is 6.84. The van der Waals surface area contributed by atoms with E-state index >= 15 is 0 Å². The third-order valence-electron chi connectivity index (χ3n) is 1.06. The van der Waals surface area contributed by atoms with E-state index in [0.717, 1.165) is 12.8 Å². The second kappa shape index (κ2) is 4.46. The van der Waals surface area contributed by atoms with Gasteiger partial charge < -0.3 is 0 Å². The Morgan fingerprint density at radius 1 is 1.38 bits per heavy atom. The monoisotopic (exact) mass is 154 g/mol. The number of rotatable bonds is 3. The average molecular weight is 155 g/mol. The van der Waals surface area contributed by atoms with Crippen molar-refractivity contribution in [2.45, 2.75) is 37.4 Å². The molecule has 0 N–H and O–H groups in total. The van der Waals surface area contributed by atoms with Gasteiger partial charge in [-0.25, -0.2) is 0 Å². The van der Waals surface area contributed by atoms with Crippen LogP contribution < -0.4 is 0 Å². The van der Waals surface area contributed by atoms with Crippen LogP contribution in [-0.2, 0) is 0 Å². The molecule has 0 unspecified atom stereocenters. The Morgan fingerprint density at radius 2 is 1.88 bits per heavy atom. The van der Waals surface area contributed by atoms with Gasteiger partial charge in [0.2, 0.25) is 0 Å². The van der Waals surface area contributed by atoms with Crippen LogP contribution in [0.25, 0.3) is 0 Å². The lowest BCUT2D eigenvalue weighted by molar-refractivity contribution is 0.717. The van der Waals surface area contributed by atoms with Crippen molar-refractivity contribution in [2.24, 2.45) is 0 Å². The molecule has 0 aliphatic heterocycles. The Bertz CT molecular complexity index is 52.5. The Balaban J connectivity index is 3.17. The van der Waals surface area contributed by atoms with Crippen molar-refractivity contribution in [3.8, 4) is 0 Å². The van der Waals surface area contributed by atoms with E-state index in [-0.39, 0.29) is 10.8 Å². The van der Waals surface area contributed by atoms with Crippen LogP contribution in [0.5, 0.6) is 0 Å². The third-order valence-corrected chi connectivity index (χ3v) is 2.09. The van der Waals surface area contributed by atoms with Crippen molar-refractivity contribution in [3.05, 3.63) is 0 Å². The highest BCUT2D eigenvalue weighted by Crippen LogP contribution is 2.13. The zero-order chi connectivity index (χ0) is 6.57. The fourth-order valence-corrected chi connectivity index (χ4v) is 0.850. The van der Waals surface area contributed by atoms with Gasteiger partial charge in [0.1, 0.15) is 0 Å². The Morgan fingerprint density at radius 3 is 2.00 bits per heavy atom. The van der Waals surface area contributed by atoms with E-state index in [0.29, 0.717) is 0 Å². The summed E-state index contributed by atoms with van der Waals surface area (Å²) in [6, 6.07) is 0. The van der Waals surface area contributed by atoms with Gasteiger partial charge in [-0.1, -0.05) is 13.3 Å². The fraction of sp³-hybridized carbons (Fsp3) is 1.00. The summed E-state index contributed by atoms with van der Waals surface area (Å²) >= 11 is 11.5. The lowest BCUT2D eigenvalue weighted by atomic mass is 10.2. The number of alkyl halides is 2. The highest BCUT2D eigenvalue weighted by atomic mass is 35.5. The molecule has 2 heteroatoms. The van der Waals surface area contributed by atoms with Gasteiger partial charge >= 0.3 is 0 Å². The van der Waals surface area contributed by atoms with Crippen molar-refractivity contribution in [3.63, 3.8) is 0 Å². The van der Waals surface area contributed by atoms with E-state index in [1.165, 1.54) is 0 Å². The molecule has 0 rings (SSSR count). The van der Waals surface area contributed by atoms with Crippen LogP contribution in [0.2, 0.25) is 0 Å². The molecule has 2 atom stereocenters. The summed E-state index contributed by atoms with van der Waals surface area (Å²) in [5.74, 6) is 0. The molecule has 0 heterocycles. The second-order valence-electron chi connectivity index (χ2n) is 1.98. The molecule has 0 saturated carbocycles. The molecule has 0 bridgehead atoms. The lowest BCUT2D eigenvalue weighted by Crippen LogP contribution is -2.09. The molecule has 0 amide bonds. The summed E-state index contributed by atoms with van der Waals surface area (Å²) in [6.07, 6.45) is 2.14. The molecule has 8 heavy (non-hydrogen) atoms. The minimum Gasteiger partial charge on any atom is -0.122 e. The summed E-state index contributed by atoms with van der Waals surface area (Å²) in [5.41, 5.74) is 0. The Hall–Kier alpha value is 0.580. The fourth-order valence-electron chi connectivity index (χ4n) is 0.505. The van der Waals surface area contributed by atoms with Gasteiger partial charge in [-0.05, 0) is 13.3 Å². The van der Waals surface area contributed by atoms with Crippen molar-refractivity contribution in [1.29, 1.82) is 0 Å². The molecular weight excluding hydrogens is 143 g/mol. The van der Waals surface area contributed by atoms with Crippen LogP contribution in [0.1, 0.15) is 26.7 Å². The minimum absolute atomic E-state index is 0.108. The number of hydrogen-bond acceptors (Lipinski definition) is 0. The van der Waals surface area contributed by atoms with Gasteiger partial charge in [-0.3, -0.25) is 0 Å².